The first-order chi connectivity index (χ1) is 10.1. The fourth-order valence-corrected chi connectivity index (χ4v) is 3.37. The molecule has 1 aliphatic rings. The fourth-order valence-electron chi connectivity index (χ4n) is 2.64. The van der Waals surface area contributed by atoms with E-state index in [1.54, 1.807) is 0 Å². The monoisotopic (exact) mass is 366 g/mol. The molecule has 0 aliphatic heterocycles. The van der Waals surface area contributed by atoms with E-state index in [2.05, 4.69) is 22.0 Å². The van der Waals surface area contributed by atoms with Crippen molar-refractivity contribution in [2.24, 2.45) is 0 Å². The molecule has 0 heterocycles. The molecule has 0 aromatic heterocycles. The van der Waals surface area contributed by atoms with Crippen molar-refractivity contribution < 1.29 is 9.84 Å². The molecule has 0 amide bonds. The van der Waals surface area contributed by atoms with Crippen molar-refractivity contribution in [3.05, 3.63) is 62.6 Å². The Morgan fingerprint density at radius 2 is 2.10 bits per heavy atom. The van der Waals surface area contributed by atoms with Gasteiger partial charge in [-0.1, -0.05) is 39.7 Å². The Labute approximate surface area is 137 Å². The highest BCUT2D eigenvalue weighted by Crippen LogP contribution is 2.32. The normalized spacial score (nSPS) is 17.4. The van der Waals surface area contributed by atoms with Crippen molar-refractivity contribution >= 4 is 27.5 Å². The number of aliphatic hydroxyl groups excluding tert-OH is 1. The summed E-state index contributed by atoms with van der Waals surface area (Å²) in [4.78, 5) is 0. The van der Waals surface area contributed by atoms with Gasteiger partial charge in [0.25, 0.3) is 0 Å². The van der Waals surface area contributed by atoms with Gasteiger partial charge in [0, 0.05) is 15.1 Å². The topological polar surface area (TPSA) is 29.5 Å². The second-order valence-corrected chi connectivity index (χ2v) is 6.62. The summed E-state index contributed by atoms with van der Waals surface area (Å²) >= 11 is 9.57. The number of ether oxygens (including phenoxy) is 1. The highest BCUT2D eigenvalue weighted by Gasteiger charge is 2.18. The van der Waals surface area contributed by atoms with Crippen LogP contribution in [0.3, 0.4) is 0 Å². The molecule has 2 aromatic carbocycles. The fraction of sp³-hybridized carbons (Fsp3) is 0.294. The van der Waals surface area contributed by atoms with Crippen LogP contribution in [0.15, 0.2) is 40.9 Å². The predicted molar refractivity (Wildman–Crippen MR) is 87.8 cm³/mol. The second kappa shape index (κ2) is 6.39. The van der Waals surface area contributed by atoms with Crippen LogP contribution in [-0.4, -0.2) is 5.11 Å². The Bertz CT molecular complexity index is 657. The summed E-state index contributed by atoms with van der Waals surface area (Å²) in [6, 6.07) is 11.7. The molecule has 4 heteroatoms. The Hall–Kier alpha value is -1.03. The van der Waals surface area contributed by atoms with Crippen molar-refractivity contribution in [3.63, 3.8) is 0 Å². The van der Waals surface area contributed by atoms with E-state index in [9.17, 15) is 5.11 Å². The van der Waals surface area contributed by atoms with Gasteiger partial charge in [-0.2, -0.15) is 0 Å². The smallest absolute Gasteiger partial charge is 0.120 e. The Balaban J connectivity index is 1.75. The highest BCUT2D eigenvalue weighted by atomic mass is 79.9. The van der Waals surface area contributed by atoms with Crippen molar-refractivity contribution in [2.45, 2.75) is 32.0 Å². The summed E-state index contributed by atoms with van der Waals surface area (Å²) in [5, 5.41) is 10.7. The van der Waals surface area contributed by atoms with E-state index in [0.29, 0.717) is 11.6 Å². The lowest BCUT2D eigenvalue weighted by Gasteiger charge is -2.22. The minimum Gasteiger partial charge on any atom is -0.489 e. The third-order valence-electron chi connectivity index (χ3n) is 3.81. The van der Waals surface area contributed by atoms with Crippen LogP contribution >= 0.6 is 27.5 Å². The molecule has 0 radical (unpaired) electrons. The molecule has 0 saturated carbocycles. The summed E-state index contributed by atoms with van der Waals surface area (Å²) < 4.78 is 6.77. The molecule has 2 aromatic rings. The Kier molecular flexibility index (Phi) is 4.53. The minimum atomic E-state index is -0.367. The number of benzene rings is 2. The number of halogens is 2. The number of rotatable bonds is 3. The average Bonchev–Trinajstić information content (AvgIpc) is 2.47. The molecule has 110 valence electrons. The summed E-state index contributed by atoms with van der Waals surface area (Å²) in [6.07, 6.45) is 2.54. The molecular weight excluding hydrogens is 352 g/mol. The van der Waals surface area contributed by atoms with Crippen molar-refractivity contribution in [2.75, 3.05) is 0 Å². The van der Waals surface area contributed by atoms with E-state index in [-0.39, 0.29) is 6.10 Å². The molecule has 0 bridgehead atoms. The van der Waals surface area contributed by atoms with Crippen LogP contribution in [0.2, 0.25) is 5.02 Å². The third kappa shape index (κ3) is 3.42. The van der Waals surface area contributed by atoms with Crippen LogP contribution < -0.4 is 4.74 Å². The van der Waals surface area contributed by atoms with Crippen LogP contribution in [0, 0.1) is 0 Å². The van der Waals surface area contributed by atoms with Gasteiger partial charge in [-0.3, -0.25) is 0 Å². The van der Waals surface area contributed by atoms with Gasteiger partial charge in [0.05, 0.1) is 6.10 Å². The van der Waals surface area contributed by atoms with Crippen molar-refractivity contribution in [3.8, 4) is 5.75 Å². The third-order valence-corrected chi connectivity index (χ3v) is 4.65. The number of aryl methyl sites for hydroxylation is 1. The van der Waals surface area contributed by atoms with Gasteiger partial charge in [0.15, 0.2) is 0 Å². The Morgan fingerprint density at radius 1 is 1.24 bits per heavy atom. The van der Waals surface area contributed by atoms with Crippen LogP contribution in [0.25, 0.3) is 0 Å². The predicted octanol–water partition coefficient (Wildman–Crippen LogP) is 5.05. The molecule has 1 atom stereocenters. The van der Waals surface area contributed by atoms with E-state index in [4.69, 9.17) is 16.3 Å². The van der Waals surface area contributed by atoms with Gasteiger partial charge in [0.2, 0.25) is 0 Å². The molecule has 0 saturated heterocycles. The maximum Gasteiger partial charge on any atom is 0.120 e. The van der Waals surface area contributed by atoms with E-state index in [1.807, 2.05) is 30.3 Å². The zero-order chi connectivity index (χ0) is 14.8. The number of fused-ring (bicyclic) bond motifs is 1. The zero-order valence-electron chi connectivity index (χ0n) is 11.5. The number of hydrogen-bond acceptors (Lipinski definition) is 2. The molecule has 2 nitrogen and oxygen atoms in total. The first-order valence-corrected chi connectivity index (χ1v) is 8.18. The minimum absolute atomic E-state index is 0.367. The van der Waals surface area contributed by atoms with E-state index < -0.39 is 0 Å². The maximum absolute atomic E-state index is 10.1. The molecule has 3 rings (SSSR count). The zero-order valence-corrected chi connectivity index (χ0v) is 13.8. The number of hydrogen-bond donors (Lipinski definition) is 1. The number of aliphatic hydroxyl groups is 1. The van der Waals surface area contributed by atoms with Crippen LogP contribution in [0.1, 0.15) is 35.6 Å². The molecule has 0 spiro atoms. The highest BCUT2D eigenvalue weighted by molar-refractivity contribution is 9.10. The summed E-state index contributed by atoms with van der Waals surface area (Å²) in [6.45, 7) is 0.418. The molecule has 1 aliphatic carbocycles. The van der Waals surface area contributed by atoms with Gasteiger partial charge in [-0.05, 0) is 54.7 Å². The van der Waals surface area contributed by atoms with E-state index >= 15 is 0 Å². The molecule has 1 unspecified atom stereocenters. The first kappa shape index (κ1) is 14.9. The van der Waals surface area contributed by atoms with E-state index in [1.165, 1.54) is 5.56 Å². The van der Waals surface area contributed by atoms with Gasteiger partial charge in [-0.15, -0.1) is 0 Å². The SMILES string of the molecule is OC1CCCc2ccc(OCc3ccc(Br)cc3Cl)cc21. The first-order valence-electron chi connectivity index (χ1n) is 7.01. The molecule has 0 fully saturated rings. The largest absolute Gasteiger partial charge is 0.489 e. The van der Waals surface area contributed by atoms with Gasteiger partial charge in [-0.25, -0.2) is 0 Å². The molecular formula is C17H16BrClO2. The van der Waals surface area contributed by atoms with Crippen molar-refractivity contribution in [1.82, 2.24) is 0 Å². The van der Waals surface area contributed by atoms with Crippen LogP contribution in [0.5, 0.6) is 5.75 Å². The quantitative estimate of drug-likeness (QED) is 0.822. The second-order valence-electron chi connectivity index (χ2n) is 5.29. The standard InChI is InChI=1S/C17H16BrClO2/c18-13-6-4-12(16(19)8-13)10-21-14-7-5-11-2-1-3-17(20)15(11)9-14/h4-9,17,20H,1-3,10H2. The van der Waals surface area contributed by atoms with Crippen LogP contribution in [-0.2, 0) is 13.0 Å². The van der Waals surface area contributed by atoms with Crippen molar-refractivity contribution in [1.29, 1.82) is 0 Å². The van der Waals surface area contributed by atoms with Gasteiger partial charge < -0.3 is 9.84 Å². The lowest BCUT2D eigenvalue weighted by Crippen LogP contribution is -2.09. The lowest BCUT2D eigenvalue weighted by atomic mass is 9.89. The van der Waals surface area contributed by atoms with Gasteiger partial charge in [0.1, 0.15) is 12.4 Å². The Morgan fingerprint density at radius 3 is 2.90 bits per heavy atom. The molecule has 1 N–H and O–H groups in total. The van der Waals surface area contributed by atoms with Gasteiger partial charge >= 0.3 is 0 Å². The average molecular weight is 368 g/mol. The summed E-state index contributed by atoms with van der Waals surface area (Å²) in [7, 11) is 0. The van der Waals surface area contributed by atoms with E-state index in [0.717, 1.165) is 40.6 Å². The molecule has 21 heavy (non-hydrogen) atoms. The summed E-state index contributed by atoms with van der Waals surface area (Å²) in [5.74, 6) is 0.772. The maximum atomic E-state index is 10.1. The lowest BCUT2D eigenvalue weighted by molar-refractivity contribution is 0.156. The van der Waals surface area contributed by atoms with Crippen LogP contribution in [0.4, 0.5) is 0 Å². The summed E-state index contributed by atoms with van der Waals surface area (Å²) in [5.41, 5.74) is 3.17.